The molecule has 1 saturated heterocycles. The van der Waals surface area contributed by atoms with Crippen molar-refractivity contribution in [3.8, 4) is 22.5 Å². The first-order valence-electron chi connectivity index (χ1n) is 9.18. The predicted molar refractivity (Wildman–Crippen MR) is 111 cm³/mol. The Morgan fingerprint density at radius 1 is 1.00 bits per heavy atom. The van der Waals surface area contributed by atoms with Crippen LogP contribution in [0.1, 0.15) is 0 Å². The molecule has 3 aromatic heterocycles. The Hall–Kier alpha value is -2.96. The number of aromatic amines is 1. The molecule has 0 aliphatic carbocycles. The van der Waals surface area contributed by atoms with Crippen LogP contribution >= 0.6 is 11.6 Å². The van der Waals surface area contributed by atoms with Crippen LogP contribution in [0.15, 0.2) is 54.9 Å². The molecule has 1 aromatic carbocycles. The highest BCUT2D eigenvalue weighted by Gasteiger charge is 2.18. The number of anilines is 1. The third-order valence-corrected chi connectivity index (χ3v) is 5.21. The molecule has 1 aliphatic rings. The molecule has 0 amide bonds. The van der Waals surface area contributed by atoms with E-state index < -0.39 is 0 Å². The summed E-state index contributed by atoms with van der Waals surface area (Å²) < 4.78 is 5.51. The monoisotopic (exact) mass is 391 g/mol. The number of rotatable bonds is 3. The normalized spacial score (nSPS) is 14.5. The van der Waals surface area contributed by atoms with Crippen molar-refractivity contribution < 1.29 is 4.74 Å². The van der Waals surface area contributed by atoms with Gasteiger partial charge in [-0.05, 0) is 41.5 Å². The van der Waals surface area contributed by atoms with Gasteiger partial charge in [0, 0.05) is 35.9 Å². The molecule has 5 rings (SSSR count). The Labute approximate surface area is 167 Å². The van der Waals surface area contributed by atoms with Crippen molar-refractivity contribution in [3.63, 3.8) is 0 Å². The van der Waals surface area contributed by atoms with Crippen molar-refractivity contribution in [1.29, 1.82) is 0 Å². The Morgan fingerprint density at radius 3 is 2.57 bits per heavy atom. The van der Waals surface area contributed by atoms with Gasteiger partial charge in [-0.3, -0.25) is 10.1 Å². The molecule has 1 N–H and O–H groups in total. The maximum absolute atomic E-state index is 6.11. The van der Waals surface area contributed by atoms with Crippen molar-refractivity contribution in [3.05, 3.63) is 59.9 Å². The quantitative estimate of drug-likeness (QED) is 0.567. The maximum atomic E-state index is 6.11. The van der Waals surface area contributed by atoms with Gasteiger partial charge in [0.05, 0.1) is 18.9 Å². The zero-order chi connectivity index (χ0) is 18.9. The Kier molecular flexibility index (Phi) is 4.43. The van der Waals surface area contributed by atoms with Crippen LogP contribution in [0.2, 0.25) is 5.02 Å². The number of benzene rings is 1. The molecule has 0 spiro atoms. The number of morpholine rings is 1. The van der Waals surface area contributed by atoms with Gasteiger partial charge in [-0.15, -0.1) is 0 Å². The van der Waals surface area contributed by atoms with Crippen LogP contribution in [0, 0.1) is 0 Å². The molecule has 0 atom stereocenters. The van der Waals surface area contributed by atoms with Crippen LogP contribution in [0.4, 0.5) is 5.82 Å². The predicted octanol–water partition coefficient (Wildman–Crippen LogP) is 4.18. The van der Waals surface area contributed by atoms with Gasteiger partial charge < -0.3 is 9.64 Å². The average Bonchev–Trinajstić information content (AvgIpc) is 3.28. The highest BCUT2D eigenvalue weighted by atomic mass is 35.5. The van der Waals surface area contributed by atoms with E-state index in [0.717, 1.165) is 57.3 Å². The Bertz CT molecular complexity index is 1110. The second kappa shape index (κ2) is 7.22. The summed E-state index contributed by atoms with van der Waals surface area (Å²) in [5.41, 5.74) is 4.68. The summed E-state index contributed by atoms with van der Waals surface area (Å²) >= 11 is 6.11. The zero-order valence-electron chi connectivity index (χ0n) is 15.1. The van der Waals surface area contributed by atoms with Crippen LogP contribution in [0.3, 0.4) is 0 Å². The van der Waals surface area contributed by atoms with Gasteiger partial charge in [0.15, 0.2) is 0 Å². The molecule has 140 valence electrons. The smallest absolute Gasteiger partial charge is 0.130 e. The van der Waals surface area contributed by atoms with Crippen LogP contribution in [0.5, 0.6) is 0 Å². The van der Waals surface area contributed by atoms with E-state index in [2.05, 4.69) is 26.1 Å². The molecule has 6 nitrogen and oxygen atoms in total. The summed E-state index contributed by atoms with van der Waals surface area (Å²) in [7, 11) is 0. The molecular formula is C21H18ClN5O. The number of H-pyrrole nitrogens is 1. The fourth-order valence-electron chi connectivity index (χ4n) is 3.55. The molecular weight excluding hydrogens is 374 g/mol. The lowest BCUT2D eigenvalue weighted by Crippen LogP contribution is -2.36. The summed E-state index contributed by atoms with van der Waals surface area (Å²) in [6, 6.07) is 14.0. The van der Waals surface area contributed by atoms with Crippen LogP contribution in [-0.2, 0) is 4.74 Å². The van der Waals surface area contributed by atoms with Gasteiger partial charge in [0.2, 0.25) is 0 Å². The highest BCUT2D eigenvalue weighted by Crippen LogP contribution is 2.35. The SMILES string of the molecule is Clc1ccc(-c2cc(N3CCOCC3)nc3c(-c4ccn[nH]4)nccc23)cc1. The fraction of sp³-hybridized carbons (Fsp3) is 0.190. The lowest BCUT2D eigenvalue weighted by molar-refractivity contribution is 0.122. The molecule has 4 heterocycles. The summed E-state index contributed by atoms with van der Waals surface area (Å²) in [6.45, 7) is 3.04. The highest BCUT2D eigenvalue weighted by molar-refractivity contribution is 6.30. The van der Waals surface area contributed by atoms with Crippen LogP contribution in [-0.4, -0.2) is 46.5 Å². The first-order chi connectivity index (χ1) is 13.8. The van der Waals surface area contributed by atoms with Gasteiger partial charge in [-0.1, -0.05) is 23.7 Å². The minimum absolute atomic E-state index is 0.705. The van der Waals surface area contributed by atoms with Gasteiger partial charge in [-0.25, -0.2) is 4.98 Å². The van der Waals surface area contributed by atoms with E-state index in [9.17, 15) is 0 Å². The molecule has 4 aromatic rings. The van der Waals surface area contributed by atoms with Crippen molar-refractivity contribution in [2.24, 2.45) is 0 Å². The summed E-state index contributed by atoms with van der Waals surface area (Å²) in [5, 5.41) is 8.84. The minimum atomic E-state index is 0.705. The van der Waals surface area contributed by atoms with Crippen LogP contribution in [0.25, 0.3) is 33.4 Å². The van der Waals surface area contributed by atoms with Gasteiger partial charge in [-0.2, -0.15) is 5.10 Å². The molecule has 0 unspecified atom stereocenters. The first kappa shape index (κ1) is 17.2. The van der Waals surface area contributed by atoms with E-state index in [1.807, 2.05) is 42.6 Å². The second-order valence-corrected chi connectivity index (χ2v) is 7.10. The molecule has 1 fully saturated rings. The lowest BCUT2D eigenvalue weighted by atomic mass is 10.00. The van der Waals surface area contributed by atoms with E-state index in [4.69, 9.17) is 21.3 Å². The lowest BCUT2D eigenvalue weighted by Gasteiger charge is -2.28. The number of ether oxygens (including phenoxy) is 1. The third kappa shape index (κ3) is 3.10. The Balaban J connectivity index is 1.76. The average molecular weight is 392 g/mol. The molecule has 1 aliphatic heterocycles. The number of nitrogens with zero attached hydrogens (tertiary/aromatic N) is 4. The van der Waals surface area contributed by atoms with E-state index in [-0.39, 0.29) is 0 Å². The van der Waals surface area contributed by atoms with Gasteiger partial charge >= 0.3 is 0 Å². The van der Waals surface area contributed by atoms with Gasteiger partial charge in [0.1, 0.15) is 17.0 Å². The van der Waals surface area contributed by atoms with Crippen molar-refractivity contribution in [2.75, 3.05) is 31.2 Å². The topological polar surface area (TPSA) is 66.9 Å². The molecule has 0 saturated carbocycles. The number of hydrogen-bond donors (Lipinski definition) is 1. The summed E-state index contributed by atoms with van der Waals surface area (Å²) in [5.74, 6) is 0.925. The molecule has 0 radical (unpaired) electrons. The number of nitrogens with one attached hydrogen (secondary N) is 1. The Morgan fingerprint density at radius 2 is 1.82 bits per heavy atom. The van der Waals surface area contributed by atoms with Gasteiger partial charge in [0.25, 0.3) is 0 Å². The van der Waals surface area contributed by atoms with E-state index in [0.29, 0.717) is 13.2 Å². The zero-order valence-corrected chi connectivity index (χ0v) is 15.9. The van der Waals surface area contributed by atoms with Crippen molar-refractivity contribution in [2.45, 2.75) is 0 Å². The molecule has 0 bridgehead atoms. The standard InChI is InChI=1S/C21H18ClN5O/c22-15-3-1-14(2-4-15)17-13-19(27-9-11-28-12-10-27)25-20-16(17)5-7-23-21(20)18-6-8-24-26-18/h1-8,13H,9-12H2,(H,24,26). The number of hydrogen-bond acceptors (Lipinski definition) is 5. The minimum Gasteiger partial charge on any atom is -0.378 e. The molecule has 28 heavy (non-hydrogen) atoms. The number of aromatic nitrogens is 4. The van der Waals surface area contributed by atoms with Crippen molar-refractivity contribution >= 4 is 28.3 Å². The fourth-order valence-corrected chi connectivity index (χ4v) is 3.67. The third-order valence-electron chi connectivity index (χ3n) is 4.96. The number of pyridine rings is 2. The number of halogens is 1. The van der Waals surface area contributed by atoms with E-state index >= 15 is 0 Å². The van der Waals surface area contributed by atoms with E-state index in [1.165, 1.54) is 0 Å². The summed E-state index contributed by atoms with van der Waals surface area (Å²) in [6.07, 6.45) is 3.54. The molecule has 7 heteroatoms. The van der Waals surface area contributed by atoms with Crippen LogP contribution < -0.4 is 4.90 Å². The first-order valence-corrected chi connectivity index (χ1v) is 9.55. The summed E-state index contributed by atoms with van der Waals surface area (Å²) in [4.78, 5) is 11.8. The van der Waals surface area contributed by atoms with Crippen molar-refractivity contribution in [1.82, 2.24) is 20.2 Å². The maximum Gasteiger partial charge on any atom is 0.130 e. The number of fused-ring (bicyclic) bond motifs is 1. The van der Waals surface area contributed by atoms with E-state index in [1.54, 1.807) is 6.20 Å². The second-order valence-electron chi connectivity index (χ2n) is 6.66. The largest absolute Gasteiger partial charge is 0.378 e.